The predicted molar refractivity (Wildman–Crippen MR) is 106 cm³/mol. The van der Waals surface area contributed by atoms with Gasteiger partial charge in [-0.2, -0.15) is 17.5 Å². The fourth-order valence-electron chi connectivity index (χ4n) is 3.18. The number of ether oxygens (including phenoxy) is 2. The Morgan fingerprint density at radius 2 is 1.88 bits per heavy atom. The Morgan fingerprint density at radius 1 is 1.21 bits per heavy atom. The number of sulfonamides is 1. The second-order valence-electron chi connectivity index (χ2n) is 7.24. The number of β-amino-alcohol motifs (C(OH)–C–C–N with tert-alkyl or cyclic N) is 1. The van der Waals surface area contributed by atoms with E-state index >= 15 is 0 Å². The molecule has 0 amide bonds. The van der Waals surface area contributed by atoms with Crippen LogP contribution in [0.2, 0.25) is 0 Å². The fraction of sp³-hybridized carbons (Fsp3) is 0.350. The van der Waals surface area contributed by atoms with E-state index in [9.17, 15) is 36.2 Å². The van der Waals surface area contributed by atoms with Crippen LogP contribution in [-0.2, 0) is 10.0 Å². The average molecular weight is 490 g/mol. The molecule has 33 heavy (non-hydrogen) atoms. The molecular weight excluding hydrogens is 472 g/mol. The molecule has 1 fully saturated rings. The van der Waals surface area contributed by atoms with Gasteiger partial charge in [0.15, 0.2) is 18.1 Å². The molecule has 1 aliphatic heterocycles. The van der Waals surface area contributed by atoms with Gasteiger partial charge in [0.2, 0.25) is 15.7 Å². The summed E-state index contributed by atoms with van der Waals surface area (Å²) in [6, 6.07) is 8.53. The molecule has 13 heteroatoms. The summed E-state index contributed by atoms with van der Waals surface area (Å²) in [6.45, 7) is 3.10. The number of hydrogen-bond donors (Lipinski definition) is 2. The van der Waals surface area contributed by atoms with Crippen molar-refractivity contribution in [3.05, 3.63) is 59.7 Å². The SMILES string of the molecule is [C-]#[N+]c1cc(OCC(F)(F)F)c(O[C@H]2CN(S(=O)(=O)c3ccccc3)C[C@@]2(O)CO)cc1F. The zero-order chi connectivity index (χ0) is 24.4. The van der Waals surface area contributed by atoms with Gasteiger partial charge in [-0.15, -0.1) is 0 Å². The molecular formula is C20H18F4N2O6S. The van der Waals surface area contributed by atoms with Gasteiger partial charge in [0.25, 0.3) is 0 Å². The molecule has 178 valence electrons. The van der Waals surface area contributed by atoms with Gasteiger partial charge in [-0.25, -0.2) is 17.7 Å². The minimum Gasteiger partial charge on any atom is -0.482 e. The third-order valence-corrected chi connectivity index (χ3v) is 6.69. The number of rotatable bonds is 7. The third-order valence-electron chi connectivity index (χ3n) is 4.87. The van der Waals surface area contributed by atoms with E-state index in [2.05, 4.69) is 9.58 Å². The van der Waals surface area contributed by atoms with Crippen LogP contribution in [-0.4, -0.2) is 67.1 Å². The largest absolute Gasteiger partial charge is 0.482 e. The van der Waals surface area contributed by atoms with E-state index < -0.39 is 77.2 Å². The van der Waals surface area contributed by atoms with Crippen LogP contribution in [0, 0.1) is 12.4 Å². The number of aliphatic hydroxyl groups excluding tert-OH is 1. The topological polar surface area (TPSA) is 101 Å². The van der Waals surface area contributed by atoms with E-state index in [4.69, 9.17) is 11.3 Å². The Balaban J connectivity index is 1.93. The molecule has 2 aromatic rings. The van der Waals surface area contributed by atoms with Gasteiger partial charge >= 0.3 is 6.18 Å². The van der Waals surface area contributed by atoms with Crippen LogP contribution in [0.4, 0.5) is 23.2 Å². The van der Waals surface area contributed by atoms with Crippen LogP contribution < -0.4 is 9.47 Å². The minimum absolute atomic E-state index is 0.0902. The molecule has 2 aromatic carbocycles. The number of halogens is 4. The van der Waals surface area contributed by atoms with Crippen molar-refractivity contribution in [1.29, 1.82) is 0 Å². The molecule has 3 rings (SSSR count). The van der Waals surface area contributed by atoms with Crippen LogP contribution in [0.25, 0.3) is 4.85 Å². The lowest BCUT2D eigenvalue weighted by atomic mass is 10.0. The van der Waals surface area contributed by atoms with E-state index in [1.54, 1.807) is 6.07 Å². The Morgan fingerprint density at radius 3 is 2.45 bits per heavy atom. The number of nitrogens with zero attached hydrogens (tertiary/aromatic N) is 2. The number of aliphatic hydroxyl groups is 2. The Hall–Kier alpha value is -2.92. The lowest BCUT2D eigenvalue weighted by Gasteiger charge is -2.28. The highest BCUT2D eigenvalue weighted by atomic mass is 32.2. The summed E-state index contributed by atoms with van der Waals surface area (Å²) in [5.74, 6) is -2.36. The smallest absolute Gasteiger partial charge is 0.422 e. The molecule has 1 aliphatic rings. The van der Waals surface area contributed by atoms with Crippen molar-refractivity contribution in [2.24, 2.45) is 0 Å². The molecule has 0 spiro atoms. The van der Waals surface area contributed by atoms with Crippen molar-refractivity contribution >= 4 is 15.7 Å². The summed E-state index contributed by atoms with van der Waals surface area (Å²) >= 11 is 0. The average Bonchev–Trinajstić information content (AvgIpc) is 3.11. The quantitative estimate of drug-likeness (QED) is 0.457. The zero-order valence-electron chi connectivity index (χ0n) is 16.8. The predicted octanol–water partition coefficient (Wildman–Crippen LogP) is 2.49. The van der Waals surface area contributed by atoms with Crippen LogP contribution in [0.3, 0.4) is 0 Å². The minimum atomic E-state index is -4.75. The van der Waals surface area contributed by atoms with Crippen molar-refractivity contribution in [2.75, 3.05) is 26.3 Å². The Kier molecular flexibility index (Phi) is 6.85. The number of hydrogen-bond acceptors (Lipinski definition) is 6. The highest BCUT2D eigenvalue weighted by molar-refractivity contribution is 7.89. The molecule has 0 radical (unpaired) electrons. The lowest BCUT2D eigenvalue weighted by Crippen LogP contribution is -2.48. The van der Waals surface area contributed by atoms with Crippen molar-refractivity contribution in [3.63, 3.8) is 0 Å². The highest BCUT2D eigenvalue weighted by Gasteiger charge is 2.51. The van der Waals surface area contributed by atoms with Gasteiger partial charge in [-0.05, 0) is 18.2 Å². The number of benzene rings is 2. The molecule has 1 saturated heterocycles. The molecule has 0 aliphatic carbocycles. The lowest BCUT2D eigenvalue weighted by molar-refractivity contribution is -0.153. The summed E-state index contributed by atoms with van der Waals surface area (Å²) in [5.41, 5.74) is -2.78. The summed E-state index contributed by atoms with van der Waals surface area (Å²) in [4.78, 5) is 2.76. The molecule has 2 N–H and O–H groups in total. The van der Waals surface area contributed by atoms with Gasteiger partial charge in [-0.1, -0.05) is 18.2 Å². The van der Waals surface area contributed by atoms with Gasteiger partial charge in [0.1, 0.15) is 17.5 Å². The zero-order valence-corrected chi connectivity index (χ0v) is 17.6. The van der Waals surface area contributed by atoms with Crippen molar-refractivity contribution < 1.29 is 45.7 Å². The van der Waals surface area contributed by atoms with Crippen LogP contribution in [0.1, 0.15) is 0 Å². The second-order valence-corrected chi connectivity index (χ2v) is 9.18. The highest BCUT2D eigenvalue weighted by Crippen LogP contribution is 2.38. The number of alkyl halides is 3. The second kappa shape index (κ2) is 9.14. The first-order valence-corrected chi connectivity index (χ1v) is 10.8. The van der Waals surface area contributed by atoms with Crippen molar-refractivity contribution in [2.45, 2.75) is 22.8 Å². The summed E-state index contributed by atoms with van der Waals surface area (Å²) < 4.78 is 88.7. The maximum Gasteiger partial charge on any atom is 0.422 e. The van der Waals surface area contributed by atoms with Gasteiger partial charge in [0.05, 0.1) is 24.6 Å². The van der Waals surface area contributed by atoms with Gasteiger partial charge in [0, 0.05) is 12.6 Å². The summed E-state index contributed by atoms with van der Waals surface area (Å²) in [7, 11) is -4.12. The van der Waals surface area contributed by atoms with Crippen molar-refractivity contribution in [3.8, 4) is 11.5 Å². The van der Waals surface area contributed by atoms with Crippen LogP contribution in [0.15, 0.2) is 47.4 Å². The maximum absolute atomic E-state index is 14.2. The summed E-state index contributed by atoms with van der Waals surface area (Å²) in [6.07, 6.45) is -6.24. The van der Waals surface area contributed by atoms with Crippen molar-refractivity contribution in [1.82, 2.24) is 4.31 Å². The molecule has 0 bridgehead atoms. The normalized spacial score (nSPS) is 21.5. The van der Waals surface area contributed by atoms with Gasteiger partial charge in [-0.3, -0.25) is 0 Å². The Bertz CT molecular complexity index is 1150. The van der Waals surface area contributed by atoms with E-state index in [-0.39, 0.29) is 4.90 Å². The first-order chi connectivity index (χ1) is 15.4. The molecule has 8 nitrogen and oxygen atoms in total. The first kappa shape index (κ1) is 24.7. The van der Waals surface area contributed by atoms with Crippen LogP contribution >= 0.6 is 0 Å². The standard InChI is InChI=1S/C20H18F4N2O6S/c1-25-15-8-16(31-12-20(22,23)24)17(7-14(15)21)32-18-9-26(10-19(18,28)11-27)33(29,30)13-5-3-2-4-6-13/h2-8,18,27-28H,9-12H2/t18-,19+/m0/s1. The van der Waals surface area contributed by atoms with Gasteiger partial charge < -0.3 is 19.7 Å². The Labute approximate surface area is 186 Å². The molecule has 0 aromatic heterocycles. The maximum atomic E-state index is 14.2. The first-order valence-electron chi connectivity index (χ1n) is 9.35. The molecule has 0 saturated carbocycles. The molecule has 2 atom stereocenters. The third kappa shape index (κ3) is 5.36. The van der Waals surface area contributed by atoms with E-state index in [0.29, 0.717) is 12.1 Å². The van der Waals surface area contributed by atoms with E-state index in [1.807, 2.05) is 0 Å². The van der Waals surface area contributed by atoms with Crippen LogP contribution in [0.5, 0.6) is 11.5 Å². The molecule has 1 heterocycles. The van der Waals surface area contributed by atoms with E-state index in [1.165, 1.54) is 24.3 Å². The summed E-state index contributed by atoms with van der Waals surface area (Å²) in [5, 5.41) is 20.5. The van der Waals surface area contributed by atoms with E-state index in [0.717, 1.165) is 4.31 Å². The monoisotopic (exact) mass is 490 g/mol. The fourth-order valence-corrected chi connectivity index (χ4v) is 4.70. The molecule has 0 unspecified atom stereocenters.